The molecule has 0 aliphatic heterocycles. The third-order valence-corrected chi connectivity index (χ3v) is 3.19. The first-order valence-corrected chi connectivity index (χ1v) is 6.15. The largest absolute Gasteiger partial charge is 0.475 e. The van der Waals surface area contributed by atoms with E-state index in [1.54, 1.807) is 17.4 Å². The topological polar surface area (TPSA) is 62.5 Å². The number of thiophene rings is 1. The number of carboxylic acid groups (broad SMARTS) is 1. The highest BCUT2D eigenvalue weighted by molar-refractivity contribution is 7.09. The van der Waals surface area contributed by atoms with E-state index >= 15 is 0 Å². The Bertz CT molecular complexity index is 490. The second-order valence-electron chi connectivity index (χ2n) is 3.80. The molecule has 1 atom stereocenters. The van der Waals surface area contributed by atoms with E-state index in [2.05, 4.69) is 11.4 Å². The van der Waals surface area contributed by atoms with Gasteiger partial charge in [-0.3, -0.25) is 0 Å². The smallest absolute Gasteiger partial charge is 0.371 e. The first kappa shape index (κ1) is 11.7. The SMILES string of the molecule is CC(Cc1cccs1)Nc1ccc(C(=O)O)o1. The predicted octanol–water partition coefficient (Wildman–Crippen LogP) is 3.08. The molecule has 90 valence electrons. The van der Waals surface area contributed by atoms with E-state index in [1.807, 2.05) is 18.4 Å². The van der Waals surface area contributed by atoms with Crippen LogP contribution in [0, 0.1) is 0 Å². The first-order valence-electron chi connectivity index (χ1n) is 5.27. The van der Waals surface area contributed by atoms with Crippen molar-refractivity contribution in [3.8, 4) is 0 Å². The van der Waals surface area contributed by atoms with Crippen LogP contribution < -0.4 is 5.32 Å². The average Bonchev–Trinajstić information content (AvgIpc) is 2.88. The molecule has 0 aliphatic carbocycles. The van der Waals surface area contributed by atoms with Crippen molar-refractivity contribution in [2.75, 3.05) is 5.32 Å². The minimum absolute atomic E-state index is 0.0455. The summed E-state index contributed by atoms with van der Waals surface area (Å²) in [6, 6.07) is 7.37. The van der Waals surface area contributed by atoms with Gasteiger partial charge in [-0.25, -0.2) is 4.79 Å². The summed E-state index contributed by atoms with van der Waals surface area (Å²) in [5.74, 6) is -0.605. The third kappa shape index (κ3) is 3.10. The number of carboxylic acids is 1. The molecule has 17 heavy (non-hydrogen) atoms. The van der Waals surface area contributed by atoms with Crippen LogP contribution in [-0.4, -0.2) is 17.1 Å². The van der Waals surface area contributed by atoms with Crippen molar-refractivity contribution in [2.24, 2.45) is 0 Å². The molecule has 0 bridgehead atoms. The third-order valence-electron chi connectivity index (χ3n) is 2.29. The highest BCUT2D eigenvalue weighted by atomic mass is 32.1. The molecule has 2 aromatic rings. The van der Waals surface area contributed by atoms with Gasteiger partial charge in [0.05, 0.1) is 0 Å². The fraction of sp³-hybridized carbons (Fsp3) is 0.250. The Balaban J connectivity index is 1.93. The number of hydrogen-bond acceptors (Lipinski definition) is 4. The highest BCUT2D eigenvalue weighted by Crippen LogP contribution is 2.17. The standard InChI is InChI=1S/C12H13NO3S/c1-8(7-9-3-2-6-17-9)13-11-5-4-10(16-11)12(14)15/h2-6,8,13H,7H2,1H3,(H,14,15). The molecule has 5 heteroatoms. The predicted molar refractivity (Wildman–Crippen MR) is 66.8 cm³/mol. The maximum Gasteiger partial charge on any atom is 0.371 e. The molecule has 0 aliphatic rings. The summed E-state index contributed by atoms with van der Waals surface area (Å²) in [7, 11) is 0. The van der Waals surface area contributed by atoms with Gasteiger partial charge in [0.25, 0.3) is 0 Å². The van der Waals surface area contributed by atoms with E-state index in [1.165, 1.54) is 10.9 Å². The Kier molecular flexibility index (Phi) is 3.49. The first-order chi connectivity index (χ1) is 8.15. The van der Waals surface area contributed by atoms with Crippen LogP contribution in [0.25, 0.3) is 0 Å². The van der Waals surface area contributed by atoms with Gasteiger partial charge in [-0.2, -0.15) is 0 Å². The van der Waals surface area contributed by atoms with E-state index in [4.69, 9.17) is 9.52 Å². The summed E-state index contributed by atoms with van der Waals surface area (Å²) in [5, 5.41) is 13.9. The van der Waals surface area contributed by atoms with Crippen molar-refractivity contribution < 1.29 is 14.3 Å². The van der Waals surface area contributed by atoms with Crippen molar-refractivity contribution in [3.63, 3.8) is 0 Å². The van der Waals surface area contributed by atoms with E-state index in [0.29, 0.717) is 5.88 Å². The number of furan rings is 1. The maximum atomic E-state index is 10.6. The number of rotatable bonds is 5. The van der Waals surface area contributed by atoms with Crippen LogP contribution in [0.3, 0.4) is 0 Å². The van der Waals surface area contributed by atoms with Crippen LogP contribution in [0.15, 0.2) is 34.1 Å². The van der Waals surface area contributed by atoms with Gasteiger partial charge in [0.15, 0.2) is 5.88 Å². The van der Waals surface area contributed by atoms with Crippen molar-refractivity contribution in [2.45, 2.75) is 19.4 Å². The zero-order valence-corrected chi connectivity index (χ0v) is 10.2. The average molecular weight is 251 g/mol. The molecule has 0 saturated carbocycles. The van der Waals surface area contributed by atoms with E-state index in [9.17, 15) is 4.79 Å². The second-order valence-corrected chi connectivity index (χ2v) is 4.83. The summed E-state index contributed by atoms with van der Waals surface area (Å²) >= 11 is 1.71. The summed E-state index contributed by atoms with van der Waals surface area (Å²) < 4.78 is 5.13. The zero-order chi connectivity index (χ0) is 12.3. The lowest BCUT2D eigenvalue weighted by atomic mass is 10.2. The number of carbonyl (C=O) groups is 1. The van der Waals surface area contributed by atoms with E-state index in [-0.39, 0.29) is 11.8 Å². The van der Waals surface area contributed by atoms with Gasteiger partial charge in [-0.1, -0.05) is 6.07 Å². The van der Waals surface area contributed by atoms with E-state index in [0.717, 1.165) is 6.42 Å². The monoisotopic (exact) mass is 251 g/mol. The van der Waals surface area contributed by atoms with Crippen LogP contribution in [0.2, 0.25) is 0 Å². The molecule has 2 aromatic heterocycles. The van der Waals surface area contributed by atoms with Crippen LogP contribution in [0.4, 0.5) is 5.88 Å². The molecule has 0 fully saturated rings. The molecular weight excluding hydrogens is 238 g/mol. The molecule has 0 saturated heterocycles. The van der Waals surface area contributed by atoms with Gasteiger partial charge in [0.1, 0.15) is 0 Å². The molecule has 2 N–H and O–H groups in total. The van der Waals surface area contributed by atoms with Crippen molar-refractivity contribution in [1.82, 2.24) is 0 Å². The molecule has 0 radical (unpaired) electrons. The molecule has 1 unspecified atom stereocenters. The fourth-order valence-corrected chi connectivity index (χ4v) is 2.39. The summed E-state index contributed by atoms with van der Waals surface area (Å²) in [5.41, 5.74) is 0. The van der Waals surface area contributed by atoms with Crippen molar-refractivity contribution in [1.29, 1.82) is 0 Å². The number of aromatic carboxylic acids is 1. The molecule has 0 spiro atoms. The minimum Gasteiger partial charge on any atom is -0.475 e. The Morgan fingerprint density at radius 2 is 2.35 bits per heavy atom. The molecule has 0 amide bonds. The van der Waals surface area contributed by atoms with Gasteiger partial charge >= 0.3 is 5.97 Å². The Morgan fingerprint density at radius 3 is 2.94 bits per heavy atom. The van der Waals surface area contributed by atoms with Crippen LogP contribution in [-0.2, 0) is 6.42 Å². The summed E-state index contributed by atoms with van der Waals surface area (Å²) in [6.07, 6.45) is 0.890. The Labute approximate surface area is 103 Å². The number of anilines is 1. The molecule has 4 nitrogen and oxygen atoms in total. The Hall–Kier alpha value is -1.75. The zero-order valence-electron chi connectivity index (χ0n) is 9.34. The lowest BCUT2D eigenvalue weighted by Gasteiger charge is -2.11. The molecule has 2 heterocycles. The molecule has 2 rings (SSSR count). The number of nitrogens with one attached hydrogen (secondary N) is 1. The normalized spacial score (nSPS) is 12.3. The van der Waals surface area contributed by atoms with Gasteiger partial charge in [-0.15, -0.1) is 11.3 Å². The molecule has 0 aromatic carbocycles. The summed E-state index contributed by atoms with van der Waals surface area (Å²) in [4.78, 5) is 11.9. The quantitative estimate of drug-likeness (QED) is 0.857. The van der Waals surface area contributed by atoms with Crippen LogP contribution in [0.5, 0.6) is 0 Å². The number of hydrogen-bond donors (Lipinski definition) is 2. The summed E-state index contributed by atoms with van der Waals surface area (Å²) in [6.45, 7) is 2.03. The lowest BCUT2D eigenvalue weighted by molar-refractivity contribution is 0.0663. The van der Waals surface area contributed by atoms with Crippen molar-refractivity contribution in [3.05, 3.63) is 40.3 Å². The Morgan fingerprint density at radius 1 is 1.53 bits per heavy atom. The van der Waals surface area contributed by atoms with E-state index < -0.39 is 5.97 Å². The van der Waals surface area contributed by atoms with Gasteiger partial charge in [-0.05, 0) is 24.4 Å². The molecular formula is C12H13NO3S. The van der Waals surface area contributed by atoms with Crippen molar-refractivity contribution >= 4 is 23.2 Å². The fourth-order valence-electron chi connectivity index (χ4n) is 1.55. The second kappa shape index (κ2) is 5.05. The lowest BCUT2D eigenvalue weighted by Crippen LogP contribution is -2.16. The highest BCUT2D eigenvalue weighted by Gasteiger charge is 2.11. The van der Waals surface area contributed by atoms with Gasteiger partial charge in [0.2, 0.25) is 5.76 Å². The van der Waals surface area contributed by atoms with Gasteiger partial charge < -0.3 is 14.8 Å². The van der Waals surface area contributed by atoms with Crippen LogP contribution >= 0.6 is 11.3 Å². The maximum absolute atomic E-state index is 10.6. The minimum atomic E-state index is -1.05. The van der Waals surface area contributed by atoms with Gasteiger partial charge in [0, 0.05) is 23.4 Å². The van der Waals surface area contributed by atoms with Crippen LogP contribution in [0.1, 0.15) is 22.4 Å².